The number of para-hydroxylation sites is 1. The number of anilines is 1. The average Bonchev–Trinajstić information content (AvgIpc) is 3.25. The molecule has 0 aliphatic carbocycles. The summed E-state index contributed by atoms with van der Waals surface area (Å²) in [6, 6.07) is 13.4. The van der Waals surface area contributed by atoms with E-state index in [9.17, 15) is 9.59 Å². The summed E-state index contributed by atoms with van der Waals surface area (Å²) in [5.41, 5.74) is 2.87. The SMILES string of the molecule is O=C(CCC1Cc2ccccc2NC1=O)NCc1cccnc1-n1cccn1. The van der Waals surface area contributed by atoms with Crippen LogP contribution >= 0.6 is 0 Å². The first-order valence-electron chi connectivity index (χ1n) is 9.30. The van der Waals surface area contributed by atoms with Gasteiger partial charge in [0.05, 0.1) is 0 Å². The maximum absolute atomic E-state index is 12.3. The molecule has 142 valence electrons. The predicted octanol–water partition coefficient (Wildman–Crippen LogP) is 2.47. The maximum Gasteiger partial charge on any atom is 0.227 e. The van der Waals surface area contributed by atoms with Crippen LogP contribution in [0.1, 0.15) is 24.0 Å². The molecule has 4 rings (SSSR count). The summed E-state index contributed by atoms with van der Waals surface area (Å²) >= 11 is 0. The third kappa shape index (κ3) is 3.93. The van der Waals surface area contributed by atoms with E-state index in [0.717, 1.165) is 16.8 Å². The molecule has 0 fully saturated rings. The highest BCUT2D eigenvalue weighted by Crippen LogP contribution is 2.27. The third-order valence-corrected chi connectivity index (χ3v) is 4.90. The van der Waals surface area contributed by atoms with Crippen LogP contribution < -0.4 is 10.6 Å². The van der Waals surface area contributed by atoms with Crippen LogP contribution in [0.3, 0.4) is 0 Å². The summed E-state index contributed by atoms with van der Waals surface area (Å²) in [6.07, 6.45) is 6.68. The fourth-order valence-electron chi connectivity index (χ4n) is 3.40. The number of nitrogens with one attached hydrogen (secondary N) is 2. The number of nitrogens with zero attached hydrogens (tertiary/aromatic N) is 3. The minimum absolute atomic E-state index is 0.0141. The lowest BCUT2D eigenvalue weighted by molar-refractivity contribution is -0.122. The molecule has 1 aliphatic rings. The van der Waals surface area contributed by atoms with Gasteiger partial charge in [0.2, 0.25) is 11.8 Å². The number of hydrogen-bond donors (Lipinski definition) is 2. The van der Waals surface area contributed by atoms with E-state index in [-0.39, 0.29) is 17.7 Å². The van der Waals surface area contributed by atoms with Crippen molar-refractivity contribution in [2.24, 2.45) is 5.92 Å². The van der Waals surface area contributed by atoms with E-state index in [1.165, 1.54) is 0 Å². The highest BCUT2D eigenvalue weighted by Gasteiger charge is 2.26. The van der Waals surface area contributed by atoms with E-state index < -0.39 is 0 Å². The van der Waals surface area contributed by atoms with Gasteiger partial charge >= 0.3 is 0 Å². The number of fused-ring (bicyclic) bond motifs is 1. The van der Waals surface area contributed by atoms with E-state index in [1.54, 1.807) is 17.1 Å². The Bertz CT molecular complexity index is 984. The molecule has 1 aromatic carbocycles. The van der Waals surface area contributed by atoms with Gasteiger partial charge in [0.15, 0.2) is 5.82 Å². The smallest absolute Gasteiger partial charge is 0.227 e. The molecule has 2 aromatic heterocycles. The Labute approximate surface area is 162 Å². The highest BCUT2D eigenvalue weighted by atomic mass is 16.2. The number of benzene rings is 1. The van der Waals surface area contributed by atoms with Crippen LogP contribution in [-0.4, -0.2) is 26.6 Å². The fraction of sp³-hybridized carbons (Fsp3) is 0.238. The lowest BCUT2D eigenvalue weighted by Gasteiger charge is -2.24. The zero-order chi connectivity index (χ0) is 19.3. The molecule has 3 aromatic rings. The van der Waals surface area contributed by atoms with Crippen LogP contribution in [0.25, 0.3) is 5.82 Å². The summed E-state index contributed by atoms with van der Waals surface area (Å²) in [5.74, 6) is 0.413. The van der Waals surface area contributed by atoms with Crippen molar-refractivity contribution in [1.29, 1.82) is 0 Å². The van der Waals surface area contributed by atoms with Gasteiger partial charge in [-0.1, -0.05) is 24.3 Å². The van der Waals surface area contributed by atoms with Gasteiger partial charge in [-0.15, -0.1) is 0 Å². The molecule has 1 aliphatic heterocycles. The van der Waals surface area contributed by atoms with Crippen LogP contribution in [0.2, 0.25) is 0 Å². The Kier molecular flexibility index (Phi) is 5.14. The summed E-state index contributed by atoms with van der Waals surface area (Å²) in [4.78, 5) is 28.9. The number of carbonyl (C=O) groups is 2. The zero-order valence-electron chi connectivity index (χ0n) is 15.3. The Balaban J connectivity index is 1.32. The monoisotopic (exact) mass is 375 g/mol. The van der Waals surface area contributed by atoms with Crippen molar-refractivity contribution in [3.05, 3.63) is 72.2 Å². The van der Waals surface area contributed by atoms with Gasteiger partial charge in [-0.25, -0.2) is 9.67 Å². The van der Waals surface area contributed by atoms with Crippen molar-refractivity contribution >= 4 is 17.5 Å². The molecule has 0 bridgehead atoms. The van der Waals surface area contributed by atoms with Crippen molar-refractivity contribution in [1.82, 2.24) is 20.1 Å². The van der Waals surface area contributed by atoms with Crippen molar-refractivity contribution in [3.63, 3.8) is 0 Å². The number of amides is 2. The lowest BCUT2D eigenvalue weighted by atomic mass is 9.89. The number of aromatic nitrogens is 3. The van der Waals surface area contributed by atoms with Gasteiger partial charge in [-0.05, 0) is 36.6 Å². The molecule has 3 heterocycles. The molecule has 7 nitrogen and oxygen atoms in total. The van der Waals surface area contributed by atoms with E-state index in [1.807, 2.05) is 48.7 Å². The molecule has 2 N–H and O–H groups in total. The van der Waals surface area contributed by atoms with Gasteiger partial charge in [0.25, 0.3) is 0 Å². The van der Waals surface area contributed by atoms with Crippen molar-refractivity contribution in [3.8, 4) is 5.82 Å². The van der Waals surface area contributed by atoms with Gasteiger partial charge in [0.1, 0.15) is 0 Å². The quantitative estimate of drug-likeness (QED) is 0.693. The van der Waals surface area contributed by atoms with Gasteiger partial charge in [0, 0.05) is 48.7 Å². The van der Waals surface area contributed by atoms with Crippen LogP contribution in [0.4, 0.5) is 5.69 Å². The second kappa shape index (κ2) is 8.04. The molecule has 1 atom stereocenters. The minimum atomic E-state index is -0.182. The lowest BCUT2D eigenvalue weighted by Crippen LogP contribution is -2.31. The topological polar surface area (TPSA) is 88.9 Å². The van der Waals surface area contributed by atoms with Crippen molar-refractivity contribution in [2.45, 2.75) is 25.8 Å². The average molecular weight is 375 g/mol. The van der Waals surface area contributed by atoms with Gasteiger partial charge in [-0.2, -0.15) is 5.10 Å². The van der Waals surface area contributed by atoms with E-state index >= 15 is 0 Å². The van der Waals surface area contributed by atoms with Crippen molar-refractivity contribution < 1.29 is 9.59 Å². The summed E-state index contributed by atoms with van der Waals surface area (Å²) in [7, 11) is 0. The molecule has 0 saturated heterocycles. The molecule has 1 unspecified atom stereocenters. The number of carbonyl (C=O) groups excluding carboxylic acids is 2. The molecule has 7 heteroatoms. The highest BCUT2D eigenvalue weighted by molar-refractivity contribution is 5.96. The molecular formula is C21H21N5O2. The first kappa shape index (κ1) is 17.9. The van der Waals surface area contributed by atoms with E-state index in [0.29, 0.717) is 31.6 Å². The number of pyridine rings is 1. The van der Waals surface area contributed by atoms with Gasteiger partial charge < -0.3 is 10.6 Å². The Morgan fingerprint density at radius 1 is 1.18 bits per heavy atom. The zero-order valence-corrected chi connectivity index (χ0v) is 15.3. The molecule has 28 heavy (non-hydrogen) atoms. The maximum atomic E-state index is 12.3. The van der Waals surface area contributed by atoms with Crippen molar-refractivity contribution in [2.75, 3.05) is 5.32 Å². The van der Waals surface area contributed by atoms with E-state index in [4.69, 9.17) is 0 Å². The summed E-state index contributed by atoms with van der Waals surface area (Å²) in [5, 5.41) is 10.0. The first-order chi connectivity index (χ1) is 13.7. The second-order valence-electron chi connectivity index (χ2n) is 6.80. The van der Waals surface area contributed by atoms with Crippen LogP contribution in [0.5, 0.6) is 0 Å². The number of hydrogen-bond acceptors (Lipinski definition) is 4. The molecule has 0 spiro atoms. The molecule has 2 amide bonds. The summed E-state index contributed by atoms with van der Waals surface area (Å²) < 4.78 is 1.67. The molecule has 0 radical (unpaired) electrons. The van der Waals surface area contributed by atoms with Crippen LogP contribution in [0, 0.1) is 5.92 Å². The van der Waals surface area contributed by atoms with Gasteiger partial charge in [-0.3, -0.25) is 9.59 Å². The predicted molar refractivity (Wildman–Crippen MR) is 105 cm³/mol. The third-order valence-electron chi connectivity index (χ3n) is 4.90. The second-order valence-corrected chi connectivity index (χ2v) is 6.80. The molecule has 0 saturated carbocycles. The largest absolute Gasteiger partial charge is 0.352 e. The number of rotatable bonds is 6. The van der Waals surface area contributed by atoms with Crippen LogP contribution in [-0.2, 0) is 22.6 Å². The molecular weight excluding hydrogens is 354 g/mol. The fourth-order valence-corrected chi connectivity index (χ4v) is 3.40. The van der Waals surface area contributed by atoms with E-state index in [2.05, 4.69) is 20.7 Å². The standard InChI is InChI=1S/C21H21N5O2/c27-19(9-8-16-13-15-5-1-2-7-18(15)25-21(16)28)23-14-17-6-3-10-22-20(17)26-12-4-11-24-26/h1-7,10-12,16H,8-9,13-14H2,(H,23,27)(H,25,28). The summed E-state index contributed by atoms with van der Waals surface area (Å²) in [6.45, 7) is 0.363. The Hall–Kier alpha value is -3.48. The van der Waals surface area contributed by atoms with Crippen LogP contribution in [0.15, 0.2) is 61.1 Å². The first-order valence-corrected chi connectivity index (χ1v) is 9.30. The normalized spacial score (nSPS) is 15.6. The minimum Gasteiger partial charge on any atom is -0.352 e. The Morgan fingerprint density at radius 3 is 2.93 bits per heavy atom. The Morgan fingerprint density at radius 2 is 2.07 bits per heavy atom.